The van der Waals surface area contributed by atoms with Crippen molar-refractivity contribution in [3.63, 3.8) is 0 Å². The summed E-state index contributed by atoms with van der Waals surface area (Å²) >= 11 is 0. The first-order chi connectivity index (χ1) is 11.7. The quantitative estimate of drug-likeness (QED) is 0.303. The standard InChI is InChI=1S/C16H26O10/c1-8(17)12(21)15(23,10(3)19)13(26-6)16(24,11(4)20)14(22,7-25-5)9(2)18/h12-13,21-24H,7H2,1-6H3. The molecular formula is C16H26O10. The van der Waals surface area contributed by atoms with Gasteiger partial charge in [-0.1, -0.05) is 0 Å². The lowest BCUT2D eigenvalue weighted by atomic mass is 9.66. The van der Waals surface area contributed by atoms with Crippen LogP contribution >= 0.6 is 0 Å². The fourth-order valence-electron chi connectivity index (χ4n) is 2.88. The van der Waals surface area contributed by atoms with Crippen LogP contribution < -0.4 is 0 Å². The molecule has 0 radical (unpaired) electrons. The lowest BCUT2D eigenvalue weighted by Crippen LogP contribution is -2.78. The van der Waals surface area contributed by atoms with E-state index in [9.17, 15) is 39.6 Å². The number of aliphatic hydroxyl groups is 4. The molecule has 0 fully saturated rings. The third-order valence-electron chi connectivity index (χ3n) is 4.48. The minimum atomic E-state index is -3.24. The molecule has 0 heterocycles. The van der Waals surface area contributed by atoms with E-state index in [0.717, 1.165) is 41.9 Å². The molecule has 0 aliphatic heterocycles. The van der Waals surface area contributed by atoms with E-state index in [1.165, 1.54) is 0 Å². The smallest absolute Gasteiger partial charge is 0.190 e. The topological polar surface area (TPSA) is 168 Å². The minimum absolute atomic E-state index is 0.774. The molecule has 10 nitrogen and oxygen atoms in total. The molecule has 0 rings (SSSR count). The summed E-state index contributed by atoms with van der Waals surface area (Å²) in [7, 11) is 1.92. The van der Waals surface area contributed by atoms with Crippen molar-refractivity contribution in [2.75, 3.05) is 20.8 Å². The number of rotatable bonds is 11. The van der Waals surface area contributed by atoms with E-state index in [4.69, 9.17) is 9.47 Å². The zero-order chi connectivity index (χ0) is 21.1. The van der Waals surface area contributed by atoms with Crippen LogP contribution in [0.15, 0.2) is 0 Å². The van der Waals surface area contributed by atoms with E-state index in [1.54, 1.807) is 0 Å². The molecule has 4 N–H and O–H groups in total. The highest BCUT2D eigenvalue weighted by atomic mass is 16.5. The normalized spacial score (nSPS) is 20.8. The van der Waals surface area contributed by atoms with Crippen LogP contribution in [0.3, 0.4) is 0 Å². The van der Waals surface area contributed by atoms with Gasteiger partial charge in [0.05, 0.1) is 6.61 Å². The number of hydrogen-bond acceptors (Lipinski definition) is 10. The maximum absolute atomic E-state index is 12.3. The van der Waals surface area contributed by atoms with Crippen molar-refractivity contribution in [2.24, 2.45) is 0 Å². The maximum atomic E-state index is 12.3. The number of Topliss-reactive ketones (excluding diaryl/α,β-unsaturated/α-hetero) is 4. The van der Waals surface area contributed by atoms with E-state index in [1.807, 2.05) is 0 Å². The van der Waals surface area contributed by atoms with Crippen molar-refractivity contribution in [3.05, 3.63) is 0 Å². The molecule has 0 aromatic rings. The Morgan fingerprint density at radius 3 is 1.58 bits per heavy atom. The molecular weight excluding hydrogens is 352 g/mol. The molecule has 5 unspecified atom stereocenters. The second-order valence-electron chi connectivity index (χ2n) is 6.18. The average Bonchev–Trinajstić information content (AvgIpc) is 2.53. The minimum Gasteiger partial charge on any atom is -0.382 e. The number of ether oxygens (including phenoxy) is 2. The largest absolute Gasteiger partial charge is 0.382 e. The first-order valence-corrected chi connectivity index (χ1v) is 7.59. The molecule has 0 saturated carbocycles. The zero-order valence-electron chi connectivity index (χ0n) is 15.6. The van der Waals surface area contributed by atoms with Crippen molar-refractivity contribution >= 4 is 23.1 Å². The Balaban J connectivity index is 6.92. The lowest BCUT2D eigenvalue weighted by Gasteiger charge is -2.49. The van der Waals surface area contributed by atoms with Gasteiger partial charge in [0.15, 0.2) is 46.0 Å². The van der Waals surface area contributed by atoms with Gasteiger partial charge in [-0.25, -0.2) is 0 Å². The number of aliphatic hydroxyl groups excluding tert-OH is 1. The van der Waals surface area contributed by atoms with Crippen LogP contribution in [0.4, 0.5) is 0 Å². The number of carbonyl (C=O) groups excluding carboxylic acids is 4. The number of hydrogen-bond donors (Lipinski definition) is 4. The van der Waals surface area contributed by atoms with Crippen molar-refractivity contribution in [3.8, 4) is 0 Å². The molecule has 0 saturated heterocycles. The first kappa shape index (κ1) is 24.4. The molecule has 10 heteroatoms. The number of methoxy groups -OCH3 is 2. The van der Waals surface area contributed by atoms with Crippen molar-refractivity contribution in [2.45, 2.75) is 56.7 Å². The molecule has 0 aliphatic carbocycles. The van der Waals surface area contributed by atoms with Gasteiger partial charge in [-0.05, 0) is 27.7 Å². The van der Waals surface area contributed by atoms with Gasteiger partial charge in [0.1, 0.15) is 6.10 Å². The average molecular weight is 378 g/mol. The maximum Gasteiger partial charge on any atom is 0.190 e. The van der Waals surface area contributed by atoms with Crippen LogP contribution in [0.5, 0.6) is 0 Å². The van der Waals surface area contributed by atoms with Crippen LogP contribution in [-0.2, 0) is 28.7 Å². The molecule has 150 valence electrons. The fourth-order valence-corrected chi connectivity index (χ4v) is 2.88. The Bertz CT molecular complexity index is 588. The van der Waals surface area contributed by atoms with Crippen LogP contribution in [-0.4, -0.2) is 93.4 Å². The van der Waals surface area contributed by atoms with Gasteiger partial charge in [-0.15, -0.1) is 0 Å². The lowest BCUT2D eigenvalue weighted by molar-refractivity contribution is -0.254. The third kappa shape index (κ3) is 3.61. The Kier molecular flexibility index (Phi) is 7.92. The van der Waals surface area contributed by atoms with Gasteiger partial charge in [-0.3, -0.25) is 19.2 Å². The fraction of sp³-hybridized carbons (Fsp3) is 0.750. The van der Waals surface area contributed by atoms with E-state index in [2.05, 4.69) is 0 Å². The summed E-state index contributed by atoms with van der Waals surface area (Å²) in [5.74, 6) is -4.72. The van der Waals surface area contributed by atoms with Crippen molar-refractivity contribution in [1.82, 2.24) is 0 Å². The summed E-state index contributed by atoms with van der Waals surface area (Å²) in [6.45, 7) is 2.35. The zero-order valence-corrected chi connectivity index (χ0v) is 15.6. The highest BCUT2D eigenvalue weighted by molar-refractivity contribution is 6.01. The Morgan fingerprint density at radius 1 is 0.885 bits per heavy atom. The first-order valence-electron chi connectivity index (χ1n) is 7.59. The number of ketones is 4. The van der Waals surface area contributed by atoms with Gasteiger partial charge in [0.25, 0.3) is 0 Å². The van der Waals surface area contributed by atoms with E-state index < -0.39 is 58.8 Å². The van der Waals surface area contributed by atoms with Crippen LogP contribution in [0.1, 0.15) is 27.7 Å². The van der Waals surface area contributed by atoms with Crippen molar-refractivity contribution in [1.29, 1.82) is 0 Å². The SMILES string of the molecule is COCC(O)(C(C)=O)C(O)(C(C)=O)C(OC)C(O)(C(C)=O)C(O)C(C)=O. The van der Waals surface area contributed by atoms with E-state index in [-0.39, 0.29) is 0 Å². The van der Waals surface area contributed by atoms with Crippen molar-refractivity contribution < 1.29 is 49.1 Å². The molecule has 0 aromatic carbocycles. The van der Waals surface area contributed by atoms with Crippen LogP contribution in [0.25, 0.3) is 0 Å². The monoisotopic (exact) mass is 378 g/mol. The summed E-state index contributed by atoms with van der Waals surface area (Å²) in [5.41, 5.74) is -9.33. The van der Waals surface area contributed by atoms with Gasteiger partial charge in [0.2, 0.25) is 0 Å². The molecule has 0 aromatic heterocycles. The molecule has 0 aliphatic rings. The Labute approximate surface area is 150 Å². The predicted octanol–water partition coefficient (Wildman–Crippen LogP) is -2.44. The van der Waals surface area contributed by atoms with Crippen LogP contribution in [0.2, 0.25) is 0 Å². The van der Waals surface area contributed by atoms with Gasteiger partial charge >= 0.3 is 0 Å². The van der Waals surface area contributed by atoms with Crippen LogP contribution in [0, 0.1) is 0 Å². The van der Waals surface area contributed by atoms with Gasteiger partial charge in [0, 0.05) is 14.2 Å². The molecule has 0 bridgehead atoms. The molecule has 0 amide bonds. The Morgan fingerprint density at radius 2 is 1.35 bits per heavy atom. The second-order valence-corrected chi connectivity index (χ2v) is 6.18. The molecule has 26 heavy (non-hydrogen) atoms. The molecule has 0 spiro atoms. The van der Waals surface area contributed by atoms with E-state index >= 15 is 0 Å². The van der Waals surface area contributed by atoms with Gasteiger partial charge in [-0.2, -0.15) is 0 Å². The summed E-state index contributed by atoms with van der Waals surface area (Å²) < 4.78 is 9.60. The van der Waals surface area contributed by atoms with Gasteiger partial charge < -0.3 is 29.9 Å². The summed E-state index contributed by atoms with van der Waals surface area (Å²) in [5, 5.41) is 42.6. The third-order valence-corrected chi connectivity index (χ3v) is 4.48. The second kappa shape index (κ2) is 8.42. The number of carbonyl (C=O) groups is 4. The summed E-state index contributed by atoms with van der Waals surface area (Å²) in [4.78, 5) is 48.0. The highest BCUT2D eigenvalue weighted by Crippen LogP contribution is 2.38. The van der Waals surface area contributed by atoms with E-state index in [0.29, 0.717) is 0 Å². The predicted molar refractivity (Wildman–Crippen MR) is 86.3 cm³/mol. The summed E-state index contributed by atoms with van der Waals surface area (Å²) in [6.07, 6.45) is -4.79. The molecule has 5 atom stereocenters. The Hall–Kier alpha value is -1.56. The summed E-state index contributed by atoms with van der Waals surface area (Å²) in [6, 6.07) is 0. The highest BCUT2D eigenvalue weighted by Gasteiger charge is 2.69.